The predicted molar refractivity (Wildman–Crippen MR) is 275 cm³/mol. The Bertz CT molecular complexity index is 1120. The van der Waals surface area contributed by atoms with Crippen LogP contribution in [0.15, 0.2) is 48.6 Å². The maximum atomic E-state index is 12.8. The Morgan fingerprint density at radius 3 is 0.906 bits per heavy atom. The van der Waals surface area contributed by atoms with Crippen LogP contribution in [0.2, 0.25) is 0 Å². The van der Waals surface area contributed by atoms with Crippen molar-refractivity contribution in [1.82, 2.24) is 0 Å². The van der Waals surface area contributed by atoms with Gasteiger partial charge in [-0.1, -0.05) is 230 Å². The van der Waals surface area contributed by atoms with Crippen LogP contribution in [0.4, 0.5) is 0 Å². The van der Waals surface area contributed by atoms with Crippen LogP contribution >= 0.6 is 0 Å². The standard InChI is InChI=1S/C58H104O6/c1-4-7-10-13-16-19-22-25-27-28-29-31-33-36-39-42-45-48-51-57(60)63-54-55(53-62-56(59)50-47-44-41-38-35-32-24-21-18-15-12-9-6-3)64-58(61)52-49-46-43-40-37-34-30-26-23-20-17-14-11-8-5-2/h17,19-20,22,26-28,30,55H,4-16,18,21,23-25,29,31-54H2,1-3H3/b20-17-,22-19-,28-27-,30-26-. The first-order valence-corrected chi connectivity index (χ1v) is 27.6. The number of carbonyl (C=O) groups excluding carboxylic acids is 3. The molecule has 0 aliphatic heterocycles. The molecule has 6 heteroatoms. The molecule has 0 rings (SSSR count). The number of rotatable bonds is 50. The van der Waals surface area contributed by atoms with E-state index in [-0.39, 0.29) is 31.1 Å². The molecule has 0 aromatic carbocycles. The molecule has 0 spiro atoms. The third-order valence-corrected chi connectivity index (χ3v) is 12.1. The molecule has 0 aliphatic carbocycles. The molecule has 0 saturated carbocycles. The number of carbonyl (C=O) groups is 3. The van der Waals surface area contributed by atoms with Crippen molar-refractivity contribution in [2.24, 2.45) is 0 Å². The van der Waals surface area contributed by atoms with Crippen LogP contribution in [0.3, 0.4) is 0 Å². The second-order valence-corrected chi connectivity index (χ2v) is 18.5. The van der Waals surface area contributed by atoms with Crippen molar-refractivity contribution in [3.8, 4) is 0 Å². The molecule has 0 aromatic heterocycles. The minimum atomic E-state index is -0.781. The lowest BCUT2D eigenvalue weighted by Gasteiger charge is -2.18. The molecule has 372 valence electrons. The molecular formula is C58H104O6. The summed E-state index contributed by atoms with van der Waals surface area (Å²) in [4.78, 5) is 38.1. The first-order valence-electron chi connectivity index (χ1n) is 27.6. The van der Waals surface area contributed by atoms with Crippen molar-refractivity contribution in [2.45, 2.75) is 290 Å². The molecule has 1 atom stereocenters. The highest BCUT2D eigenvalue weighted by atomic mass is 16.6. The predicted octanol–water partition coefficient (Wildman–Crippen LogP) is 18.3. The molecule has 0 radical (unpaired) electrons. The number of unbranched alkanes of at least 4 members (excludes halogenated alkanes) is 31. The van der Waals surface area contributed by atoms with Crippen LogP contribution in [0, 0.1) is 0 Å². The zero-order valence-corrected chi connectivity index (χ0v) is 42.6. The lowest BCUT2D eigenvalue weighted by Crippen LogP contribution is -2.30. The van der Waals surface area contributed by atoms with E-state index in [4.69, 9.17) is 14.2 Å². The van der Waals surface area contributed by atoms with E-state index in [2.05, 4.69) is 69.4 Å². The maximum absolute atomic E-state index is 12.8. The van der Waals surface area contributed by atoms with Crippen LogP contribution in [0.25, 0.3) is 0 Å². The summed E-state index contributed by atoms with van der Waals surface area (Å²) in [5.41, 5.74) is 0. The van der Waals surface area contributed by atoms with Gasteiger partial charge in [0.05, 0.1) is 0 Å². The summed E-state index contributed by atoms with van der Waals surface area (Å²) in [5.74, 6) is -0.890. The molecule has 6 nitrogen and oxygen atoms in total. The largest absolute Gasteiger partial charge is 0.462 e. The van der Waals surface area contributed by atoms with E-state index in [1.54, 1.807) is 0 Å². The van der Waals surface area contributed by atoms with Crippen LogP contribution in [0.5, 0.6) is 0 Å². The highest BCUT2D eigenvalue weighted by Gasteiger charge is 2.19. The van der Waals surface area contributed by atoms with E-state index in [1.807, 2.05) is 0 Å². The third-order valence-electron chi connectivity index (χ3n) is 12.1. The van der Waals surface area contributed by atoms with Gasteiger partial charge in [-0.2, -0.15) is 0 Å². The fourth-order valence-corrected chi connectivity index (χ4v) is 7.86. The fraction of sp³-hybridized carbons (Fsp3) is 0.810. The SMILES string of the molecule is CCCCC/C=C\C/C=C\CCCCCCCC(=O)OC(COC(=O)CCCCCCCCC/C=C\C/C=C\CCCCCC)COC(=O)CCCCCCCCCCCCCCC. The number of esters is 3. The zero-order valence-electron chi connectivity index (χ0n) is 42.6. The summed E-state index contributed by atoms with van der Waals surface area (Å²) in [6, 6.07) is 0. The average Bonchev–Trinajstić information content (AvgIpc) is 3.29. The van der Waals surface area contributed by atoms with E-state index in [0.29, 0.717) is 19.3 Å². The van der Waals surface area contributed by atoms with Crippen molar-refractivity contribution in [3.05, 3.63) is 48.6 Å². The van der Waals surface area contributed by atoms with E-state index in [0.717, 1.165) is 96.3 Å². The van der Waals surface area contributed by atoms with Gasteiger partial charge in [0.15, 0.2) is 6.10 Å². The summed E-state index contributed by atoms with van der Waals surface area (Å²) in [5, 5.41) is 0. The normalized spacial score (nSPS) is 12.4. The van der Waals surface area contributed by atoms with E-state index < -0.39 is 6.10 Å². The zero-order chi connectivity index (χ0) is 46.5. The molecule has 0 aliphatic rings. The van der Waals surface area contributed by atoms with Crippen LogP contribution in [0.1, 0.15) is 284 Å². The molecule has 0 amide bonds. The highest BCUT2D eigenvalue weighted by Crippen LogP contribution is 2.15. The van der Waals surface area contributed by atoms with Crippen molar-refractivity contribution >= 4 is 17.9 Å². The Labute approximate surface area is 397 Å². The molecule has 0 bridgehead atoms. The lowest BCUT2D eigenvalue weighted by atomic mass is 10.0. The first-order chi connectivity index (χ1) is 31.5. The topological polar surface area (TPSA) is 78.9 Å². The van der Waals surface area contributed by atoms with E-state index >= 15 is 0 Å². The quantitative estimate of drug-likeness (QED) is 0.0262. The van der Waals surface area contributed by atoms with Gasteiger partial charge in [-0.05, 0) is 83.5 Å². The van der Waals surface area contributed by atoms with Crippen molar-refractivity contribution < 1.29 is 28.6 Å². The van der Waals surface area contributed by atoms with Gasteiger partial charge >= 0.3 is 17.9 Å². The van der Waals surface area contributed by atoms with Crippen LogP contribution in [-0.2, 0) is 28.6 Å². The highest BCUT2D eigenvalue weighted by molar-refractivity contribution is 5.71. The van der Waals surface area contributed by atoms with Crippen molar-refractivity contribution in [1.29, 1.82) is 0 Å². The van der Waals surface area contributed by atoms with E-state index in [1.165, 1.54) is 148 Å². The van der Waals surface area contributed by atoms with Crippen LogP contribution < -0.4 is 0 Å². The average molecular weight is 897 g/mol. The summed E-state index contributed by atoms with van der Waals surface area (Å²) in [7, 11) is 0. The van der Waals surface area contributed by atoms with Gasteiger partial charge in [0.2, 0.25) is 0 Å². The number of allylic oxidation sites excluding steroid dienone is 8. The Kier molecular flexibility index (Phi) is 50.8. The van der Waals surface area contributed by atoms with Gasteiger partial charge in [0.25, 0.3) is 0 Å². The monoisotopic (exact) mass is 897 g/mol. The van der Waals surface area contributed by atoms with E-state index in [9.17, 15) is 14.4 Å². The molecule has 0 fully saturated rings. The summed E-state index contributed by atoms with van der Waals surface area (Å²) in [6.45, 7) is 6.60. The summed E-state index contributed by atoms with van der Waals surface area (Å²) in [6.07, 6.45) is 63.7. The van der Waals surface area contributed by atoms with Gasteiger partial charge in [0, 0.05) is 19.3 Å². The smallest absolute Gasteiger partial charge is 0.306 e. The first kappa shape index (κ1) is 61.4. The van der Waals surface area contributed by atoms with Crippen LogP contribution in [-0.4, -0.2) is 37.2 Å². The molecule has 64 heavy (non-hydrogen) atoms. The second kappa shape index (κ2) is 53.0. The van der Waals surface area contributed by atoms with Gasteiger partial charge in [0.1, 0.15) is 13.2 Å². The van der Waals surface area contributed by atoms with Crippen molar-refractivity contribution in [2.75, 3.05) is 13.2 Å². The van der Waals surface area contributed by atoms with Gasteiger partial charge in [-0.15, -0.1) is 0 Å². The molecular weight excluding hydrogens is 793 g/mol. The van der Waals surface area contributed by atoms with Crippen molar-refractivity contribution in [3.63, 3.8) is 0 Å². The molecule has 1 unspecified atom stereocenters. The Hall–Kier alpha value is -2.63. The Balaban J connectivity index is 4.38. The number of hydrogen-bond acceptors (Lipinski definition) is 6. The van der Waals surface area contributed by atoms with Gasteiger partial charge in [-0.25, -0.2) is 0 Å². The van der Waals surface area contributed by atoms with Gasteiger partial charge < -0.3 is 14.2 Å². The molecule has 0 N–H and O–H groups in total. The second-order valence-electron chi connectivity index (χ2n) is 18.5. The number of ether oxygens (including phenoxy) is 3. The molecule has 0 heterocycles. The Morgan fingerprint density at radius 2 is 0.562 bits per heavy atom. The van der Waals surface area contributed by atoms with Gasteiger partial charge in [-0.3, -0.25) is 14.4 Å². The molecule has 0 aromatic rings. The minimum absolute atomic E-state index is 0.0789. The molecule has 0 saturated heterocycles. The summed E-state index contributed by atoms with van der Waals surface area (Å²) >= 11 is 0. The number of hydrogen-bond donors (Lipinski definition) is 0. The fourth-order valence-electron chi connectivity index (χ4n) is 7.86. The lowest BCUT2D eigenvalue weighted by molar-refractivity contribution is -0.167. The Morgan fingerprint density at radius 1 is 0.312 bits per heavy atom. The maximum Gasteiger partial charge on any atom is 0.306 e. The minimum Gasteiger partial charge on any atom is -0.462 e. The third kappa shape index (κ3) is 50.4. The summed E-state index contributed by atoms with van der Waals surface area (Å²) < 4.78 is 16.8.